The number of nitrogens with one attached hydrogen (secondary N) is 2. The van der Waals surface area contributed by atoms with Crippen molar-refractivity contribution in [3.8, 4) is 0 Å². The van der Waals surface area contributed by atoms with Crippen molar-refractivity contribution >= 4 is 23.6 Å². The summed E-state index contributed by atoms with van der Waals surface area (Å²) in [5.41, 5.74) is 1.36. The fourth-order valence-corrected chi connectivity index (χ4v) is 10.5. The van der Waals surface area contributed by atoms with Crippen LogP contribution in [0.15, 0.2) is 30.3 Å². The van der Waals surface area contributed by atoms with Crippen LogP contribution in [0.4, 0.5) is 0 Å². The van der Waals surface area contributed by atoms with Gasteiger partial charge in [-0.25, -0.2) is 0 Å². The van der Waals surface area contributed by atoms with Crippen molar-refractivity contribution in [1.29, 1.82) is 0 Å². The monoisotopic (exact) mass is 833 g/mol. The van der Waals surface area contributed by atoms with Crippen LogP contribution in [0.5, 0.6) is 0 Å². The Kier molecular flexibility index (Phi) is 18.8. The number of amides is 4. The van der Waals surface area contributed by atoms with Gasteiger partial charge in [0, 0.05) is 52.4 Å². The average Bonchev–Trinajstić information content (AvgIpc) is 3.22. The third-order valence-corrected chi connectivity index (χ3v) is 14.2. The molecular weight excluding hydrogens is 749 g/mol. The molecule has 4 fully saturated rings. The largest absolute Gasteiger partial charge is 0.341 e. The lowest BCUT2D eigenvalue weighted by Gasteiger charge is -2.42. The van der Waals surface area contributed by atoms with Gasteiger partial charge in [-0.2, -0.15) is 0 Å². The number of hydrogen-bond acceptors (Lipinski definition) is 6. The third-order valence-electron chi connectivity index (χ3n) is 14.2. The molecular formula is C50H84N6O4. The molecule has 4 heterocycles. The molecule has 60 heavy (non-hydrogen) atoms. The summed E-state index contributed by atoms with van der Waals surface area (Å²) in [7, 11) is 0. The summed E-state index contributed by atoms with van der Waals surface area (Å²) < 4.78 is 0. The van der Waals surface area contributed by atoms with Crippen LogP contribution in [0.3, 0.4) is 0 Å². The Balaban J connectivity index is 1.17. The van der Waals surface area contributed by atoms with E-state index in [1.807, 2.05) is 14.7 Å². The minimum atomic E-state index is -0.457. The summed E-state index contributed by atoms with van der Waals surface area (Å²) in [6.45, 7) is 23.3. The third kappa shape index (κ3) is 14.0. The van der Waals surface area contributed by atoms with E-state index in [-0.39, 0.29) is 47.5 Å². The zero-order valence-corrected chi connectivity index (χ0v) is 39.0. The number of rotatable bonds is 20. The van der Waals surface area contributed by atoms with E-state index in [9.17, 15) is 19.2 Å². The van der Waals surface area contributed by atoms with Gasteiger partial charge in [0.2, 0.25) is 23.6 Å². The molecule has 0 radical (unpaired) electrons. The van der Waals surface area contributed by atoms with Gasteiger partial charge in [0.15, 0.2) is 0 Å². The summed E-state index contributed by atoms with van der Waals surface area (Å²) >= 11 is 0. The molecule has 5 rings (SSSR count). The van der Waals surface area contributed by atoms with Crippen molar-refractivity contribution < 1.29 is 19.2 Å². The number of hydrogen-bond donors (Lipinski definition) is 2. The van der Waals surface area contributed by atoms with Crippen LogP contribution in [-0.4, -0.2) is 120 Å². The van der Waals surface area contributed by atoms with Crippen LogP contribution in [0.1, 0.15) is 138 Å². The topological polar surface area (TPSA) is 105 Å². The van der Waals surface area contributed by atoms with Crippen LogP contribution in [0, 0.1) is 41.4 Å². The lowest BCUT2D eigenvalue weighted by molar-refractivity contribution is -0.150. The molecule has 1 aromatic carbocycles. The highest BCUT2D eigenvalue weighted by atomic mass is 16.2. The molecule has 0 aliphatic carbocycles. The maximum absolute atomic E-state index is 14.5. The van der Waals surface area contributed by atoms with Gasteiger partial charge >= 0.3 is 0 Å². The zero-order valence-electron chi connectivity index (χ0n) is 39.0. The van der Waals surface area contributed by atoms with Crippen LogP contribution in [-0.2, 0) is 25.6 Å². The minimum Gasteiger partial charge on any atom is -0.341 e. The second-order valence-corrected chi connectivity index (χ2v) is 20.8. The highest BCUT2D eigenvalue weighted by molar-refractivity contribution is 5.91. The van der Waals surface area contributed by atoms with E-state index >= 15 is 0 Å². The predicted octanol–water partition coefficient (Wildman–Crippen LogP) is 7.41. The summed E-state index contributed by atoms with van der Waals surface area (Å²) in [6, 6.07) is 9.25. The molecule has 4 aliphatic heterocycles. The Morgan fingerprint density at radius 2 is 1.08 bits per heavy atom. The van der Waals surface area contributed by atoms with Crippen molar-refractivity contribution in [1.82, 2.24) is 30.2 Å². The molecule has 10 nitrogen and oxygen atoms in total. The molecule has 1 aromatic rings. The molecule has 0 spiro atoms. The maximum Gasteiger partial charge on any atom is 0.245 e. The van der Waals surface area contributed by atoms with Gasteiger partial charge < -0.3 is 30.2 Å². The van der Waals surface area contributed by atoms with Gasteiger partial charge in [-0.1, -0.05) is 111 Å². The first-order valence-corrected chi connectivity index (χ1v) is 24.4. The highest BCUT2D eigenvalue weighted by Crippen LogP contribution is 2.30. The Morgan fingerprint density at radius 1 is 0.583 bits per heavy atom. The normalized spacial score (nSPS) is 23.4. The highest BCUT2D eigenvalue weighted by Gasteiger charge is 2.41. The van der Waals surface area contributed by atoms with Crippen molar-refractivity contribution in [2.75, 3.05) is 52.4 Å². The lowest BCUT2D eigenvalue weighted by Crippen LogP contribution is -2.62. The van der Waals surface area contributed by atoms with Gasteiger partial charge in [0.25, 0.3) is 0 Å². The SMILES string of the molecule is CC(C)CCC1CCN(C(=O)[C@H](CC(C)C)N2CCN[C@@H](CC(C)CCC(C)C[C@@H](C(=O)N3CCC(Cc4ccccc4)CC3)N3CCN[C@@H](CC(C)C)C3=O)C2=O)CC1. The molecule has 4 aliphatic rings. The van der Waals surface area contributed by atoms with Crippen molar-refractivity contribution in [3.05, 3.63) is 35.9 Å². The molecule has 2 N–H and O–H groups in total. The van der Waals surface area contributed by atoms with Gasteiger partial charge in [-0.3, -0.25) is 19.2 Å². The van der Waals surface area contributed by atoms with Crippen LogP contribution in [0.25, 0.3) is 0 Å². The number of likely N-dealkylation sites (tertiary alicyclic amines) is 2. The molecule has 0 saturated carbocycles. The van der Waals surface area contributed by atoms with Gasteiger partial charge in [0.05, 0.1) is 12.1 Å². The van der Waals surface area contributed by atoms with Crippen molar-refractivity contribution in [2.24, 2.45) is 41.4 Å². The van der Waals surface area contributed by atoms with E-state index in [0.29, 0.717) is 68.6 Å². The Hall–Kier alpha value is -2.98. The van der Waals surface area contributed by atoms with Crippen molar-refractivity contribution in [2.45, 2.75) is 163 Å². The molecule has 4 amide bonds. The summed E-state index contributed by atoms with van der Waals surface area (Å²) in [6.07, 6.45) is 12.3. The van der Waals surface area contributed by atoms with E-state index in [1.165, 1.54) is 18.4 Å². The van der Waals surface area contributed by atoms with E-state index in [0.717, 1.165) is 84.0 Å². The standard InChI is InChI=1S/C50H84N6O4/c1-35(2)14-17-40-18-24-53(25-19-40)49(59)45(31-37(5)6)55-28-23-52-44(48(55)58)32-38(7)15-16-39(8)33-46(56-29-22-51-43(47(56)57)30-36(3)4)50(60)54-26-20-42(21-27-54)34-41-12-10-9-11-13-41/h9-13,35-40,42-46,51-52H,14-34H2,1-8H3/t38?,39?,43-,44-,45-,46-/m0/s1. The number of carbonyl (C=O) groups excluding carboxylic acids is 4. The van der Waals surface area contributed by atoms with E-state index < -0.39 is 12.1 Å². The first-order valence-electron chi connectivity index (χ1n) is 24.4. The summed E-state index contributed by atoms with van der Waals surface area (Å²) in [5, 5.41) is 6.97. The molecule has 6 atom stereocenters. The summed E-state index contributed by atoms with van der Waals surface area (Å²) in [5.74, 6) is 3.57. The van der Waals surface area contributed by atoms with E-state index in [1.54, 1.807) is 0 Å². The van der Waals surface area contributed by atoms with Gasteiger partial charge in [-0.05, 0) is 105 Å². The number of nitrogens with zero attached hydrogens (tertiary/aromatic N) is 4. The van der Waals surface area contributed by atoms with Gasteiger partial charge in [0.1, 0.15) is 12.1 Å². The number of piperazine rings is 2. The number of piperidine rings is 2. The van der Waals surface area contributed by atoms with Gasteiger partial charge in [-0.15, -0.1) is 0 Å². The van der Waals surface area contributed by atoms with E-state index in [4.69, 9.17) is 0 Å². The van der Waals surface area contributed by atoms with Crippen LogP contribution < -0.4 is 10.6 Å². The zero-order chi connectivity index (χ0) is 43.3. The predicted molar refractivity (Wildman–Crippen MR) is 243 cm³/mol. The second-order valence-electron chi connectivity index (χ2n) is 20.8. The van der Waals surface area contributed by atoms with Crippen molar-refractivity contribution in [3.63, 3.8) is 0 Å². The van der Waals surface area contributed by atoms with Crippen LogP contribution >= 0.6 is 0 Å². The molecule has 0 bridgehead atoms. The maximum atomic E-state index is 14.5. The van der Waals surface area contributed by atoms with Crippen LogP contribution in [0.2, 0.25) is 0 Å². The number of benzene rings is 1. The minimum absolute atomic E-state index is 0.0679. The Labute approximate surface area is 364 Å². The molecule has 338 valence electrons. The fourth-order valence-electron chi connectivity index (χ4n) is 10.5. The molecule has 4 saturated heterocycles. The first kappa shape index (κ1) is 48.1. The average molecular weight is 833 g/mol. The molecule has 10 heteroatoms. The van der Waals surface area contributed by atoms with E-state index in [2.05, 4.69) is 101 Å². The summed E-state index contributed by atoms with van der Waals surface area (Å²) in [4.78, 5) is 64.8. The Morgan fingerprint density at radius 3 is 1.60 bits per heavy atom. The molecule has 0 aromatic heterocycles. The molecule has 2 unspecified atom stereocenters. The smallest absolute Gasteiger partial charge is 0.245 e. The Bertz CT molecular complexity index is 1490. The number of carbonyl (C=O) groups is 4. The fraction of sp³-hybridized carbons (Fsp3) is 0.800. The first-order chi connectivity index (χ1) is 28.7. The lowest BCUT2D eigenvalue weighted by atomic mass is 9.87. The second kappa shape index (κ2) is 23.5. The quantitative estimate of drug-likeness (QED) is 0.142.